The number of anilines is 2. The Balaban J connectivity index is 2.09. The van der Waals surface area contributed by atoms with E-state index in [1.807, 2.05) is 12.1 Å². The molecule has 0 amide bonds. The fraction of sp³-hybridized carbons (Fsp3) is 0. The summed E-state index contributed by atoms with van der Waals surface area (Å²) in [6, 6.07) is 10.4. The molecule has 3 nitrogen and oxygen atoms in total. The molecule has 0 saturated heterocycles. The molecule has 3 N–H and O–H groups in total. The predicted octanol–water partition coefficient (Wildman–Crippen LogP) is 3.31. The Morgan fingerprint density at radius 2 is 1.56 bits per heavy atom. The molecule has 1 heterocycles. The van der Waals surface area contributed by atoms with Crippen LogP contribution >= 0.6 is 11.8 Å². The van der Waals surface area contributed by atoms with Crippen LogP contribution in [0.15, 0.2) is 46.2 Å². The number of phenolic OH excluding ortho intramolecular Hbond substituents is 2. The number of benzene rings is 2. The molecule has 4 heteroatoms. The second-order valence-electron chi connectivity index (χ2n) is 3.59. The van der Waals surface area contributed by atoms with Crippen LogP contribution in [0.1, 0.15) is 0 Å². The highest BCUT2D eigenvalue weighted by Gasteiger charge is 2.16. The largest absolute Gasteiger partial charge is 0.508 e. The first-order chi connectivity index (χ1) is 7.72. The highest BCUT2D eigenvalue weighted by atomic mass is 32.2. The summed E-state index contributed by atoms with van der Waals surface area (Å²) >= 11 is 1.57. The molecule has 0 aliphatic carbocycles. The highest BCUT2D eigenvalue weighted by Crippen LogP contribution is 2.45. The van der Waals surface area contributed by atoms with Crippen molar-refractivity contribution in [3.05, 3.63) is 36.4 Å². The number of hydrogen-bond donors (Lipinski definition) is 3. The van der Waals surface area contributed by atoms with E-state index in [2.05, 4.69) is 5.32 Å². The van der Waals surface area contributed by atoms with Gasteiger partial charge in [-0.05, 0) is 30.3 Å². The maximum Gasteiger partial charge on any atom is 0.117 e. The van der Waals surface area contributed by atoms with Gasteiger partial charge in [0.05, 0.1) is 11.4 Å². The molecular weight excluding hydrogens is 222 g/mol. The monoisotopic (exact) mass is 231 g/mol. The van der Waals surface area contributed by atoms with Gasteiger partial charge in [-0.1, -0.05) is 11.8 Å². The summed E-state index contributed by atoms with van der Waals surface area (Å²) < 4.78 is 0. The van der Waals surface area contributed by atoms with Gasteiger partial charge in [-0.15, -0.1) is 0 Å². The second kappa shape index (κ2) is 3.35. The maximum atomic E-state index is 9.40. The fourth-order valence-electron chi connectivity index (χ4n) is 1.67. The lowest BCUT2D eigenvalue weighted by molar-refractivity contribution is 0.473. The third-order valence-corrected chi connectivity index (χ3v) is 3.55. The zero-order valence-electron chi connectivity index (χ0n) is 8.27. The standard InChI is InChI=1S/C12H9NO2S/c14-7-2-4-11-10(5-7)13-9-3-1-8(15)6-12(9)16-11/h1-6,13-15H. The van der Waals surface area contributed by atoms with E-state index in [1.54, 1.807) is 36.0 Å². The average molecular weight is 231 g/mol. The summed E-state index contributed by atoms with van der Waals surface area (Å²) in [7, 11) is 0. The summed E-state index contributed by atoms with van der Waals surface area (Å²) in [6.45, 7) is 0. The van der Waals surface area contributed by atoms with Crippen molar-refractivity contribution < 1.29 is 10.2 Å². The van der Waals surface area contributed by atoms with Crippen molar-refractivity contribution >= 4 is 23.1 Å². The minimum atomic E-state index is 0.245. The molecule has 0 bridgehead atoms. The zero-order valence-corrected chi connectivity index (χ0v) is 9.08. The van der Waals surface area contributed by atoms with Gasteiger partial charge in [-0.25, -0.2) is 0 Å². The van der Waals surface area contributed by atoms with Gasteiger partial charge in [-0.2, -0.15) is 0 Å². The van der Waals surface area contributed by atoms with Crippen LogP contribution in [-0.4, -0.2) is 10.2 Å². The molecule has 0 saturated carbocycles. The third-order valence-electron chi connectivity index (χ3n) is 2.42. The predicted molar refractivity (Wildman–Crippen MR) is 63.6 cm³/mol. The molecule has 80 valence electrons. The van der Waals surface area contributed by atoms with Crippen LogP contribution in [0.2, 0.25) is 0 Å². The first kappa shape index (κ1) is 9.42. The lowest BCUT2D eigenvalue weighted by Gasteiger charge is -2.20. The van der Waals surface area contributed by atoms with Crippen molar-refractivity contribution in [2.24, 2.45) is 0 Å². The Morgan fingerprint density at radius 3 is 2.44 bits per heavy atom. The summed E-state index contributed by atoms with van der Waals surface area (Å²) in [5.74, 6) is 0.504. The summed E-state index contributed by atoms with van der Waals surface area (Å²) in [6.07, 6.45) is 0. The molecule has 3 rings (SSSR count). The minimum absolute atomic E-state index is 0.245. The smallest absolute Gasteiger partial charge is 0.117 e. The normalized spacial score (nSPS) is 12.5. The Kier molecular flexibility index (Phi) is 1.97. The van der Waals surface area contributed by atoms with Gasteiger partial charge in [0, 0.05) is 15.9 Å². The molecule has 2 aromatic rings. The number of phenols is 2. The molecule has 0 radical (unpaired) electrons. The van der Waals surface area contributed by atoms with Gasteiger partial charge in [0.2, 0.25) is 0 Å². The minimum Gasteiger partial charge on any atom is -0.508 e. The first-order valence-electron chi connectivity index (χ1n) is 4.83. The van der Waals surface area contributed by atoms with Crippen LogP contribution < -0.4 is 5.32 Å². The molecule has 0 aromatic heterocycles. The summed E-state index contributed by atoms with van der Waals surface area (Å²) in [5.41, 5.74) is 1.84. The highest BCUT2D eigenvalue weighted by molar-refractivity contribution is 7.99. The van der Waals surface area contributed by atoms with E-state index in [4.69, 9.17) is 0 Å². The van der Waals surface area contributed by atoms with Gasteiger partial charge >= 0.3 is 0 Å². The van der Waals surface area contributed by atoms with Crippen LogP contribution in [0.3, 0.4) is 0 Å². The van der Waals surface area contributed by atoms with Gasteiger partial charge in [0.25, 0.3) is 0 Å². The van der Waals surface area contributed by atoms with Gasteiger partial charge in [-0.3, -0.25) is 0 Å². The van der Waals surface area contributed by atoms with Crippen molar-refractivity contribution in [1.82, 2.24) is 0 Å². The number of fused-ring (bicyclic) bond motifs is 2. The van der Waals surface area contributed by atoms with Crippen molar-refractivity contribution in [3.63, 3.8) is 0 Å². The van der Waals surface area contributed by atoms with Crippen molar-refractivity contribution in [1.29, 1.82) is 0 Å². The van der Waals surface area contributed by atoms with Gasteiger partial charge < -0.3 is 15.5 Å². The third kappa shape index (κ3) is 1.47. The molecule has 0 atom stereocenters. The molecule has 1 aliphatic rings. The van der Waals surface area contributed by atoms with Crippen LogP contribution in [-0.2, 0) is 0 Å². The van der Waals surface area contributed by atoms with E-state index in [1.165, 1.54) is 0 Å². The fourth-order valence-corrected chi connectivity index (χ4v) is 2.67. The van der Waals surface area contributed by atoms with E-state index in [9.17, 15) is 10.2 Å². The Bertz CT molecular complexity index is 517. The van der Waals surface area contributed by atoms with Gasteiger partial charge in [0.15, 0.2) is 0 Å². The summed E-state index contributed by atoms with van der Waals surface area (Å²) in [4.78, 5) is 2.02. The van der Waals surface area contributed by atoms with E-state index >= 15 is 0 Å². The zero-order chi connectivity index (χ0) is 11.1. The molecule has 0 spiro atoms. The van der Waals surface area contributed by atoms with Crippen molar-refractivity contribution in [2.45, 2.75) is 9.79 Å². The quantitative estimate of drug-likeness (QED) is 0.519. The number of aromatic hydroxyl groups is 2. The molecule has 16 heavy (non-hydrogen) atoms. The number of nitrogens with one attached hydrogen (secondary N) is 1. The molecule has 0 unspecified atom stereocenters. The summed E-state index contributed by atoms with van der Waals surface area (Å²) in [5, 5.41) is 22.0. The molecule has 0 fully saturated rings. The molecule has 2 aromatic carbocycles. The number of rotatable bonds is 0. The Morgan fingerprint density at radius 1 is 0.812 bits per heavy atom. The SMILES string of the molecule is Oc1ccc2c(c1)Nc1ccc(O)cc1S2. The van der Waals surface area contributed by atoms with Crippen LogP contribution in [0.4, 0.5) is 11.4 Å². The van der Waals surface area contributed by atoms with Crippen LogP contribution in [0.25, 0.3) is 0 Å². The van der Waals surface area contributed by atoms with Crippen LogP contribution in [0, 0.1) is 0 Å². The van der Waals surface area contributed by atoms with E-state index in [0.29, 0.717) is 0 Å². The number of hydrogen-bond acceptors (Lipinski definition) is 4. The topological polar surface area (TPSA) is 52.5 Å². The molecule has 1 aliphatic heterocycles. The van der Waals surface area contributed by atoms with Crippen LogP contribution in [0.5, 0.6) is 11.5 Å². The second-order valence-corrected chi connectivity index (χ2v) is 4.67. The lowest BCUT2D eigenvalue weighted by Crippen LogP contribution is -1.98. The van der Waals surface area contributed by atoms with E-state index < -0.39 is 0 Å². The van der Waals surface area contributed by atoms with E-state index in [-0.39, 0.29) is 11.5 Å². The van der Waals surface area contributed by atoms with Crippen molar-refractivity contribution in [3.8, 4) is 11.5 Å². The molecular formula is C12H9NO2S. The van der Waals surface area contributed by atoms with Gasteiger partial charge in [0.1, 0.15) is 11.5 Å². The Labute approximate surface area is 96.7 Å². The average Bonchev–Trinajstić information content (AvgIpc) is 2.26. The lowest BCUT2D eigenvalue weighted by atomic mass is 10.2. The Hall–Kier alpha value is -1.81. The first-order valence-corrected chi connectivity index (χ1v) is 5.65. The maximum absolute atomic E-state index is 9.40. The van der Waals surface area contributed by atoms with E-state index in [0.717, 1.165) is 21.2 Å². The van der Waals surface area contributed by atoms with Crippen molar-refractivity contribution in [2.75, 3.05) is 5.32 Å².